The van der Waals surface area contributed by atoms with Crippen molar-refractivity contribution in [1.82, 2.24) is 4.98 Å². The molecule has 0 atom stereocenters. The van der Waals surface area contributed by atoms with Crippen LogP contribution in [-0.4, -0.2) is 22.6 Å². The number of rotatable bonds is 5. The van der Waals surface area contributed by atoms with Crippen LogP contribution in [0.4, 0.5) is 5.82 Å². The van der Waals surface area contributed by atoms with Crippen molar-refractivity contribution in [3.63, 3.8) is 0 Å². The summed E-state index contributed by atoms with van der Waals surface area (Å²) in [7, 11) is 0. The molecule has 0 unspecified atom stereocenters. The molecule has 4 heteroatoms. The molecule has 0 spiro atoms. The summed E-state index contributed by atoms with van der Waals surface area (Å²) in [4.78, 5) is 17.3. The zero-order valence-corrected chi connectivity index (χ0v) is 10.8. The average Bonchev–Trinajstić information content (AvgIpc) is 2.46. The highest BCUT2D eigenvalue weighted by molar-refractivity contribution is 5.88. The smallest absolute Gasteiger partial charge is 0.335 e. The minimum absolute atomic E-state index is 0.261. The zero-order valence-electron chi connectivity index (χ0n) is 10.8. The van der Waals surface area contributed by atoms with Gasteiger partial charge < -0.3 is 10.0 Å². The van der Waals surface area contributed by atoms with E-state index in [1.54, 1.807) is 6.07 Å². The van der Waals surface area contributed by atoms with Gasteiger partial charge in [0.1, 0.15) is 5.82 Å². The Bertz CT molecular complexity index is 555. The van der Waals surface area contributed by atoms with E-state index < -0.39 is 5.97 Å². The van der Waals surface area contributed by atoms with E-state index in [0.717, 1.165) is 6.54 Å². The molecule has 0 fully saturated rings. The Labute approximate surface area is 112 Å². The normalized spacial score (nSPS) is 10.2. The third-order valence-electron chi connectivity index (χ3n) is 2.91. The molecule has 98 valence electrons. The van der Waals surface area contributed by atoms with E-state index in [-0.39, 0.29) is 5.56 Å². The molecule has 1 aromatic heterocycles. The number of carboxylic acid groups (broad SMARTS) is 1. The standard InChI is InChI=1S/C15H16N2O2/c1-2-17(11-12-6-4-3-5-7-12)14-10-13(15(18)19)8-9-16-14/h3-10H,2,11H2,1H3,(H,18,19). The van der Waals surface area contributed by atoms with Gasteiger partial charge in [0, 0.05) is 19.3 Å². The Morgan fingerprint density at radius 2 is 2.00 bits per heavy atom. The zero-order chi connectivity index (χ0) is 13.7. The molecule has 2 aromatic rings. The number of benzene rings is 1. The number of anilines is 1. The molecule has 0 saturated heterocycles. The van der Waals surface area contributed by atoms with Crippen LogP contribution in [0.2, 0.25) is 0 Å². The van der Waals surface area contributed by atoms with Gasteiger partial charge in [-0.15, -0.1) is 0 Å². The van der Waals surface area contributed by atoms with Crippen molar-refractivity contribution < 1.29 is 9.90 Å². The van der Waals surface area contributed by atoms with E-state index in [0.29, 0.717) is 12.4 Å². The summed E-state index contributed by atoms with van der Waals surface area (Å²) < 4.78 is 0. The van der Waals surface area contributed by atoms with Crippen LogP contribution in [-0.2, 0) is 6.54 Å². The molecule has 1 N–H and O–H groups in total. The van der Waals surface area contributed by atoms with Gasteiger partial charge in [0.15, 0.2) is 0 Å². The van der Waals surface area contributed by atoms with Crippen molar-refractivity contribution >= 4 is 11.8 Å². The van der Waals surface area contributed by atoms with E-state index in [1.807, 2.05) is 42.2 Å². The van der Waals surface area contributed by atoms with Crippen molar-refractivity contribution in [3.8, 4) is 0 Å². The lowest BCUT2D eigenvalue weighted by Gasteiger charge is -2.22. The second-order valence-electron chi connectivity index (χ2n) is 4.21. The molecule has 0 aliphatic carbocycles. The lowest BCUT2D eigenvalue weighted by atomic mass is 10.2. The lowest BCUT2D eigenvalue weighted by Crippen LogP contribution is -2.23. The Morgan fingerprint density at radius 1 is 1.26 bits per heavy atom. The highest BCUT2D eigenvalue weighted by Crippen LogP contribution is 2.15. The Balaban J connectivity index is 2.22. The first-order chi connectivity index (χ1) is 9.20. The minimum Gasteiger partial charge on any atom is -0.478 e. The number of aromatic carboxylic acids is 1. The van der Waals surface area contributed by atoms with Crippen LogP contribution in [0, 0.1) is 0 Å². The monoisotopic (exact) mass is 256 g/mol. The second-order valence-corrected chi connectivity index (χ2v) is 4.21. The van der Waals surface area contributed by atoms with Gasteiger partial charge in [0.25, 0.3) is 0 Å². The molecular weight excluding hydrogens is 240 g/mol. The van der Waals surface area contributed by atoms with Crippen molar-refractivity contribution in [1.29, 1.82) is 0 Å². The Morgan fingerprint density at radius 3 is 2.63 bits per heavy atom. The summed E-state index contributed by atoms with van der Waals surface area (Å²) >= 11 is 0. The minimum atomic E-state index is -0.931. The Hall–Kier alpha value is -2.36. The fourth-order valence-corrected chi connectivity index (χ4v) is 1.88. The molecular formula is C15H16N2O2. The fraction of sp³-hybridized carbons (Fsp3) is 0.200. The molecule has 19 heavy (non-hydrogen) atoms. The second kappa shape index (κ2) is 6.00. The van der Waals surface area contributed by atoms with Crippen molar-refractivity contribution in [2.45, 2.75) is 13.5 Å². The van der Waals surface area contributed by atoms with Gasteiger partial charge in [0.05, 0.1) is 5.56 Å². The first kappa shape index (κ1) is 13.1. The van der Waals surface area contributed by atoms with Gasteiger partial charge in [-0.2, -0.15) is 0 Å². The molecule has 1 aromatic carbocycles. The number of carbonyl (C=O) groups is 1. The van der Waals surface area contributed by atoms with Crippen LogP contribution >= 0.6 is 0 Å². The number of aromatic nitrogens is 1. The van der Waals surface area contributed by atoms with Gasteiger partial charge in [0.2, 0.25) is 0 Å². The molecule has 1 heterocycles. The molecule has 0 saturated carbocycles. The van der Waals surface area contributed by atoms with Crippen LogP contribution < -0.4 is 4.90 Å². The highest BCUT2D eigenvalue weighted by Gasteiger charge is 2.10. The molecule has 0 aliphatic heterocycles. The van der Waals surface area contributed by atoms with Gasteiger partial charge in [-0.3, -0.25) is 0 Å². The highest BCUT2D eigenvalue weighted by atomic mass is 16.4. The number of hydrogen-bond acceptors (Lipinski definition) is 3. The average molecular weight is 256 g/mol. The molecule has 0 aliphatic rings. The summed E-state index contributed by atoms with van der Waals surface area (Å²) in [6.45, 7) is 3.51. The summed E-state index contributed by atoms with van der Waals surface area (Å²) in [5.41, 5.74) is 1.43. The van der Waals surface area contributed by atoms with Gasteiger partial charge in [-0.1, -0.05) is 30.3 Å². The maximum atomic E-state index is 11.0. The molecule has 0 radical (unpaired) electrons. The van der Waals surface area contributed by atoms with Crippen molar-refractivity contribution in [3.05, 3.63) is 59.8 Å². The number of hydrogen-bond donors (Lipinski definition) is 1. The number of carboxylic acids is 1. The lowest BCUT2D eigenvalue weighted by molar-refractivity contribution is 0.0697. The van der Waals surface area contributed by atoms with E-state index in [9.17, 15) is 4.79 Å². The number of pyridine rings is 1. The van der Waals surface area contributed by atoms with Gasteiger partial charge in [-0.25, -0.2) is 9.78 Å². The third-order valence-corrected chi connectivity index (χ3v) is 2.91. The third kappa shape index (κ3) is 3.31. The maximum Gasteiger partial charge on any atom is 0.335 e. The van der Waals surface area contributed by atoms with E-state index in [2.05, 4.69) is 4.98 Å². The van der Waals surface area contributed by atoms with Gasteiger partial charge in [-0.05, 0) is 24.6 Å². The summed E-state index contributed by atoms with van der Waals surface area (Å²) in [6.07, 6.45) is 1.53. The summed E-state index contributed by atoms with van der Waals surface area (Å²) in [6, 6.07) is 13.2. The predicted molar refractivity (Wildman–Crippen MR) is 74.4 cm³/mol. The molecule has 2 rings (SSSR count). The van der Waals surface area contributed by atoms with E-state index >= 15 is 0 Å². The van der Waals surface area contributed by atoms with Crippen LogP contribution in [0.15, 0.2) is 48.7 Å². The SMILES string of the molecule is CCN(Cc1ccccc1)c1cc(C(=O)O)ccn1. The first-order valence-corrected chi connectivity index (χ1v) is 6.19. The predicted octanol–water partition coefficient (Wildman–Crippen LogP) is 2.81. The fourth-order valence-electron chi connectivity index (χ4n) is 1.88. The maximum absolute atomic E-state index is 11.0. The molecule has 0 amide bonds. The van der Waals surface area contributed by atoms with Crippen LogP contribution in [0.1, 0.15) is 22.8 Å². The van der Waals surface area contributed by atoms with Crippen molar-refractivity contribution in [2.24, 2.45) is 0 Å². The summed E-state index contributed by atoms with van der Waals surface area (Å²) in [5, 5.41) is 9.01. The first-order valence-electron chi connectivity index (χ1n) is 6.19. The van der Waals surface area contributed by atoms with Crippen LogP contribution in [0.25, 0.3) is 0 Å². The number of nitrogens with zero attached hydrogens (tertiary/aromatic N) is 2. The topological polar surface area (TPSA) is 53.4 Å². The Kier molecular flexibility index (Phi) is 4.13. The van der Waals surface area contributed by atoms with Gasteiger partial charge >= 0.3 is 5.97 Å². The van der Waals surface area contributed by atoms with Crippen molar-refractivity contribution in [2.75, 3.05) is 11.4 Å². The summed E-state index contributed by atoms with van der Waals surface area (Å²) in [5.74, 6) is -0.245. The quantitative estimate of drug-likeness (QED) is 0.893. The van der Waals surface area contributed by atoms with E-state index in [4.69, 9.17) is 5.11 Å². The van der Waals surface area contributed by atoms with Crippen LogP contribution in [0.5, 0.6) is 0 Å². The molecule has 4 nitrogen and oxygen atoms in total. The molecule has 0 bridgehead atoms. The van der Waals surface area contributed by atoms with Crippen LogP contribution in [0.3, 0.4) is 0 Å². The largest absolute Gasteiger partial charge is 0.478 e. The van der Waals surface area contributed by atoms with E-state index in [1.165, 1.54) is 17.8 Å².